The molecule has 0 unspecified atom stereocenters. The van der Waals surface area contributed by atoms with Gasteiger partial charge in [-0.3, -0.25) is 4.99 Å². The molecule has 2 aromatic heterocycles. The molecular weight excluding hydrogens is 326 g/mol. The van der Waals surface area contributed by atoms with Crippen LogP contribution in [0.3, 0.4) is 0 Å². The van der Waals surface area contributed by atoms with Gasteiger partial charge in [0, 0.05) is 7.05 Å². The Hall–Kier alpha value is -0.420. The molecule has 0 bridgehead atoms. The summed E-state index contributed by atoms with van der Waals surface area (Å²) in [6.07, 6.45) is 1.99. The van der Waals surface area contributed by atoms with Gasteiger partial charge >= 0.3 is 0 Å². The molecular formula is C8H9N5S5. The smallest absolute Gasteiger partial charge is 0.224 e. The van der Waals surface area contributed by atoms with E-state index >= 15 is 0 Å². The van der Waals surface area contributed by atoms with Gasteiger partial charge in [0.15, 0.2) is 0 Å². The summed E-state index contributed by atoms with van der Waals surface area (Å²) >= 11 is 1.61. The van der Waals surface area contributed by atoms with E-state index in [1.807, 2.05) is 13.2 Å². The molecule has 5 nitrogen and oxygen atoms in total. The third-order valence-electron chi connectivity index (χ3n) is 1.70. The number of aliphatic imine (C=N–C) groups is 1. The van der Waals surface area contributed by atoms with Gasteiger partial charge in [-0.1, -0.05) is 0 Å². The van der Waals surface area contributed by atoms with E-state index in [4.69, 9.17) is 0 Å². The van der Waals surface area contributed by atoms with Crippen molar-refractivity contribution in [1.29, 1.82) is 0 Å². The van der Waals surface area contributed by atoms with E-state index in [-0.39, 0.29) is 0 Å². The lowest BCUT2D eigenvalue weighted by atomic mass is 10.8. The van der Waals surface area contributed by atoms with Crippen molar-refractivity contribution in [3.8, 4) is 0 Å². The Labute approximate surface area is 123 Å². The summed E-state index contributed by atoms with van der Waals surface area (Å²) in [7, 11) is 7.75. The average molecular weight is 336 g/mol. The molecule has 2 aromatic rings. The summed E-state index contributed by atoms with van der Waals surface area (Å²) in [5.74, 6) is 0. The van der Waals surface area contributed by atoms with Crippen molar-refractivity contribution in [1.82, 2.24) is 9.97 Å². The van der Waals surface area contributed by atoms with Crippen LogP contribution in [0.4, 0.5) is 10.3 Å². The second-order valence-electron chi connectivity index (χ2n) is 2.86. The molecule has 0 saturated heterocycles. The van der Waals surface area contributed by atoms with Crippen LogP contribution in [0.15, 0.2) is 15.0 Å². The van der Waals surface area contributed by atoms with Gasteiger partial charge in [-0.2, -0.15) is 15.0 Å². The van der Waals surface area contributed by atoms with E-state index in [1.54, 1.807) is 18.8 Å². The molecule has 0 radical (unpaired) electrons. The Kier molecular flexibility index (Phi) is 5.18. The van der Waals surface area contributed by atoms with Crippen LogP contribution in [0.5, 0.6) is 0 Å². The van der Waals surface area contributed by atoms with E-state index in [0.29, 0.717) is 9.93 Å². The van der Waals surface area contributed by atoms with E-state index in [2.05, 4.69) is 24.9 Å². The SMILES string of the molecule is CN=c1nc(/N=c2/nc(/N=C(/C)SC)ss2)ss1. The van der Waals surface area contributed by atoms with Gasteiger partial charge in [0.25, 0.3) is 0 Å². The zero-order chi connectivity index (χ0) is 13.0. The molecule has 96 valence electrons. The number of hydrogen-bond acceptors (Lipinski definition) is 10. The minimum atomic E-state index is 0.692. The molecule has 2 heterocycles. The number of thioether (sulfide) groups is 1. The first kappa shape index (κ1) is 14.0. The van der Waals surface area contributed by atoms with Crippen LogP contribution in [-0.4, -0.2) is 28.3 Å². The summed E-state index contributed by atoms with van der Waals surface area (Å²) in [5, 5.41) is 2.43. The zero-order valence-corrected chi connectivity index (χ0v) is 13.9. The van der Waals surface area contributed by atoms with Crippen LogP contribution < -0.4 is 9.60 Å². The second-order valence-corrected chi connectivity index (χ2v) is 7.98. The fourth-order valence-electron chi connectivity index (χ4n) is 0.868. The molecule has 0 aliphatic carbocycles. The summed E-state index contributed by atoms with van der Waals surface area (Å²) in [6.45, 7) is 1.96. The van der Waals surface area contributed by atoms with Crippen LogP contribution in [0.1, 0.15) is 6.92 Å². The highest BCUT2D eigenvalue weighted by molar-refractivity contribution is 8.13. The summed E-state index contributed by atoms with van der Waals surface area (Å²) in [6, 6.07) is 0. The molecule has 0 aliphatic heterocycles. The molecule has 0 N–H and O–H groups in total. The number of rotatable bonds is 2. The average Bonchev–Trinajstić information content (AvgIpc) is 2.99. The largest absolute Gasteiger partial charge is 0.260 e. The third-order valence-corrected chi connectivity index (χ3v) is 6.25. The summed E-state index contributed by atoms with van der Waals surface area (Å²) in [4.78, 5) is 22.8. The zero-order valence-electron chi connectivity index (χ0n) is 9.78. The lowest BCUT2D eigenvalue weighted by Gasteiger charge is -1.88. The molecule has 0 spiro atoms. The minimum absolute atomic E-state index is 0.692. The maximum absolute atomic E-state index is 4.37. The van der Waals surface area contributed by atoms with Crippen LogP contribution in [0.2, 0.25) is 0 Å². The van der Waals surface area contributed by atoms with Gasteiger partial charge < -0.3 is 0 Å². The van der Waals surface area contributed by atoms with E-state index in [0.717, 1.165) is 15.0 Å². The van der Waals surface area contributed by atoms with Crippen molar-refractivity contribution in [2.24, 2.45) is 15.0 Å². The first-order chi connectivity index (χ1) is 8.71. The predicted molar refractivity (Wildman–Crippen MR) is 83.0 cm³/mol. The van der Waals surface area contributed by atoms with Gasteiger partial charge in [0.1, 0.15) is 0 Å². The van der Waals surface area contributed by atoms with Crippen LogP contribution in [-0.2, 0) is 0 Å². The van der Waals surface area contributed by atoms with Gasteiger partial charge in [0.2, 0.25) is 19.9 Å². The van der Waals surface area contributed by atoms with Crippen molar-refractivity contribution in [3.05, 3.63) is 9.60 Å². The highest BCUT2D eigenvalue weighted by Gasteiger charge is 2.00. The Bertz CT molecular complexity index is 672. The maximum Gasteiger partial charge on any atom is 0.224 e. The standard InChI is InChI=1S/C8H9N5S5/c1-4(14-3)10-6-12-8(18-16-6)13-7-11-5(9-2)15-17-7/h1-3H3/b9-5?,10-4-,13-8-. The highest BCUT2D eigenvalue weighted by Crippen LogP contribution is 2.20. The molecule has 2 rings (SSSR count). The fraction of sp³-hybridized carbons (Fsp3) is 0.375. The normalized spacial score (nSPS) is 14.5. The molecule has 0 saturated carbocycles. The van der Waals surface area contributed by atoms with E-state index < -0.39 is 0 Å². The Balaban J connectivity index is 2.29. The summed E-state index contributed by atoms with van der Waals surface area (Å²) in [5.41, 5.74) is 0. The second kappa shape index (κ2) is 6.66. The van der Waals surface area contributed by atoms with Gasteiger partial charge in [-0.05, 0) is 54.5 Å². The first-order valence-corrected chi connectivity index (χ1v) is 10.2. The third kappa shape index (κ3) is 3.79. The van der Waals surface area contributed by atoms with Crippen molar-refractivity contribution >= 4 is 68.4 Å². The fourth-order valence-corrected chi connectivity index (χ4v) is 4.47. The minimum Gasteiger partial charge on any atom is -0.260 e. The Morgan fingerprint density at radius 3 is 2.39 bits per heavy atom. The first-order valence-electron chi connectivity index (χ1n) is 4.72. The Morgan fingerprint density at radius 1 is 1.06 bits per heavy atom. The topological polar surface area (TPSA) is 62.9 Å². The van der Waals surface area contributed by atoms with Gasteiger partial charge in [-0.15, -0.1) is 11.8 Å². The maximum atomic E-state index is 4.37. The van der Waals surface area contributed by atoms with Crippen LogP contribution in [0, 0.1) is 0 Å². The molecule has 0 fully saturated rings. The predicted octanol–water partition coefficient (Wildman–Crippen LogP) is 2.90. The molecule has 0 aromatic carbocycles. The lowest BCUT2D eigenvalue weighted by molar-refractivity contribution is 1.15. The number of aromatic nitrogens is 2. The van der Waals surface area contributed by atoms with E-state index in [9.17, 15) is 0 Å². The highest BCUT2D eigenvalue weighted by atomic mass is 32.9. The van der Waals surface area contributed by atoms with Crippen molar-refractivity contribution in [2.75, 3.05) is 13.3 Å². The Morgan fingerprint density at radius 2 is 1.72 bits per heavy atom. The van der Waals surface area contributed by atoms with Gasteiger partial charge in [-0.25, -0.2) is 4.99 Å². The van der Waals surface area contributed by atoms with Crippen molar-refractivity contribution in [2.45, 2.75) is 6.92 Å². The number of nitrogens with zero attached hydrogens (tertiary/aromatic N) is 5. The quantitative estimate of drug-likeness (QED) is 0.481. The molecule has 0 aliphatic rings. The van der Waals surface area contributed by atoms with Crippen LogP contribution in [0.25, 0.3) is 0 Å². The van der Waals surface area contributed by atoms with Crippen LogP contribution >= 0.6 is 53.1 Å². The monoisotopic (exact) mass is 335 g/mol. The molecule has 0 atom stereocenters. The summed E-state index contributed by atoms with van der Waals surface area (Å²) < 4.78 is 0. The molecule has 18 heavy (non-hydrogen) atoms. The van der Waals surface area contributed by atoms with Crippen molar-refractivity contribution < 1.29 is 0 Å². The van der Waals surface area contributed by atoms with Crippen molar-refractivity contribution in [3.63, 3.8) is 0 Å². The molecule has 10 heteroatoms. The molecule has 0 amide bonds. The van der Waals surface area contributed by atoms with E-state index in [1.165, 1.54) is 41.4 Å². The van der Waals surface area contributed by atoms with Gasteiger partial charge in [0.05, 0.1) is 5.04 Å². The number of hydrogen-bond donors (Lipinski definition) is 0. The lowest BCUT2D eigenvalue weighted by Crippen LogP contribution is -1.98.